The van der Waals surface area contributed by atoms with Crippen LogP contribution < -0.4 is 16.2 Å². The van der Waals surface area contributed by atoms with Gasteiger partial charge in [0.1, 0.15) is 5.02 Å². The Hall–Kier alpha value is -3.78. The van der Waals surface area contributed by atoms with E-state index in [0.717, 1.165) is 6.07 Å². The number of benzene rings is 3. The lowest BCUT2D eigenvalue weighted by Crippen LogP contribution is -2.24. The summed E-state index contributed by atoms with van der Waals surface area (Å²) in [5, 5.41) is 13.9. The number of hydrogen-bond acceptors (Lipinski definition) is 5. The normalized spacial score (nSPS) is 12.7. The number of nitrogens with one attached hydrogen (secondary N) is 1. The Morgan fingerprint density at radius 3 is 2.45 bits per heavy atom. The number of carbonyl (C=O) groups excluding carboxylic acids is 1. The van der Waals surface area contributed by atoms with Crippen LogP contribution in [0.15, 0.2) is 85.2 Å². The third-order valence-electron chi connectivity index (χ3n) is 4.81. The van der Waals surface area contributed by atoms with Crippen LogP contribution in [0.1, 0.15) is 10.4 Å². The van der Waals surface area contributed by atoms with Crippen LogP contribution in [0.4, 0.5) is 11.4 Å². The molecule has 1 heterocycles. The Bertz CT molecular complexity index is 1390. The second-order valence-electron chi connectivity index (χ2n) is 6.93. The largest absolute Gasteiger partial charge is 0.336 e. The first-order valence-electron chi connectivity index (χ1n) is 9.55. The zero-order valence-corrected chi connectivity index (χ0v) is 18.5. The van der Waals surface area contributed by atoms with Gasteiger partial charge in [-0.2, -0.15) is 0 Å². The van der Waals surface area contributed by atoms with Gasteiger partial charge in [0.05, 0.1) is 4.92 Å². The summed E-state index contributed by atoms with van der Waals surface area (Å²) in [6.45, 7) is 0. The first-order valence-corrected chi connectivity index (χ1v) is 11.6. The molecule has 1 atom stereocenters. The third kappa shape index (κ3) is 4.56. The molecule has 4 aromatic rings. The van der Waals surface area contributed by atoms with Crippen molar-refractivity contribution in [2.75, 3.05) is 5.32 Å². The van der Waals surface area contributed by atoms with Crippen molar-refractivity contribution in [1.82, 2.24) is 9.55 Å². The summed E-state index contributed by atoms with van der Waals surface area (Å²) in [6.07, 6.45) is 3.01. The van der Waals surface area contributed by atoms with Gasteiger partial charge in [0, 0.05) is 40.7 Å². The summed E-state index contributed by atoms with van der Waals surface area (Å²) in [5.74, 6) is -0.547. The topological polar surface area (TPSA) is 127 Å². The molecule has 9 nitrogen and oxygen atoms in total. The smallest absolute Gasteiger partial charge is 0.293 e. The molecule has 0 saturated heterocycles. The number of halogens is 1. The molecule has 1 amide bonds. The zero-order valence-electron chi connectivity index (χ0n) is 16.8. The summed E-state index contributed by atoms with van der Waals surface area (Å²) in [4.78, 5) is 37.7. The second-order valence-corrected chi connectivity index (χ2v) is 9.41. The molecule has 0 bridgehead atoms. The highest BCUT2D eigenvalue weighted by atomic mass is 35.5. The molecule has 0 saturated carbocycles. The fraction of sp³-hybridized carbons (Fsp3) is 0. The van der Waals surface area contributed by atoms with E-state index < -0.39 is 18.2 Å². The molecule has 11 heteroatoms. The molecular weight excluding hydrogens is 467 g/mol. The molecule has 4 rings (SSSR count). The summed E-state index contributed by atoms with van der Waals surface area (Å²) in [5.41, 5.74) is 0.709. The highest BCUT2D eigenvalue weighted by Crippen LogP contribution is 2.37. The zero-order chi connectivity index (χ0) is 23.6. The molecule has 0 aliphatic heterocycles. The van der Waals surface area contributed by atoms with E-state index in [1.807, 2.05) is 0 Å². The molecule has 1 aromatic heterocycles. The van der Waals surface area contributed by atoms with Crippen LogP contribution >= 0.6 is 19.0 Å². The van der Waals surface area contributed by atoms with Crippen LogP contribution in [0.5, 0.6) is 0 Å². The van der Waals surface area contributed by atoms with Gasteiger partial charge in [-0.15, -0.1) is 0 Å². The minimum atomic E-state index is -3.93. The molecule has 3 aromatic carbocycles. The van der Waals surface area contributed by atoms with Crippen LogP contribution in [0.25, 0.3) is 5.69 Å². The first-order chi connectivity index (χ1) is 15.8. The highest BCUT2D eigenvalue weighted by Gasteiger charge is 2.29. The van der Waals surface area contributed by atoms with Crippen LogP contribution in [0.2, 0.25) is 5.02 Å². The number of nitro groups is 1. The van der Waals surface area contributed by atoms with E-state index >= 15 is 0 Å². The maximum Gasteiger partial charge on any atom is 0.293 e. The van der Waals surface area contributed by atoms with E-state index in [4.69, 9.17) is 11.6 Å². The van der Waals surface area contributed by atoms with Crippen LogP contribution in [-0.2, 0) is 4.57 Å². The van der Waals surface area contributed by atoms with Gasteiger partial charge in [-0.3, -0.25) is 24.0 Å². The van der Waals surface area contributed by atoms with Gasteiger partial charge in [-0.25, -0.2) is 4.98 Å². The van der Waals surface area contributed by atoms with Crippen molar-refractivity contribution in [1.29, 1.82) is 0 Å². The van der Waals surface area contributed by atoms with Gasteiger partial charge in [0.25, 0.3) is 19.0 Å². The molecule has 166 valence electrons. The second kappa shape index (κ2) is 8.99. The van der Waals surface area contributed by atoms with Crippen LogP contribution in [0, 0.1) is 10.1 Å². The maximum atomic E-state index is 13.1. The van der Waals surface area contributed by atoms with Gasteiger partial charge in [-0.1, -0.05) is 29.8 Å². The van der Waals surface area contributed by atoms with Gasteiger partial charge >= 0.3 is 0 Å². The molecular formula is C22H16ClN4O5P. The van der Waals surface area contributed by atoms with Crippen molar-refractivity contribution >= 4 is 47.1 Å². The molecule has 0 spiro atoms. The predicted octanol–water partition coefficient (Wildman–Crippen LogP) is 3.91. The quantitative estimate of drug-likeness (QED) is 0.244. The van der Waals surface area contributed by atoms with E-state index in [0.29, 0.717) is 11.4 Å². The molecule has 1 unspecified atom stereocenters. The summed E-state index contributed by atoms with van der Waals surface area (Å²) in [6, 6.07) is 18.5. The molecule has 2 N–H and O–H groups in total. The Balaban J connectivity index is 1.57. The third-order valence-corrected chi connectivity index (χ3v) is 7.00. The van der Waals surface area contributed by atoms with E-state index in [2.05, 4.69) is 10.3 Å². The Kier molecular flexibility index (Phi) is 6.11. The number of imidazole rings is 1. The van der Waals surface area contributed by atoms with Crippen molar-refractivity contribution in [2.45, 2.75) is 0 Å². The highest BCUT2D eigenvalue weighted by molar-refractivity contribution is 7.73. The van der Waals surface area contributed by atoms with Crippen molar-refractivity contribution in [3.8, 4) is 5.69 Å². The molecule has 33 heavy (non-hydrogen) atoms. The van der Waals surface area contributed by atoms with Gasteiger partial charge in [-0.05, 0) is 48.5 Å². The lowest BCUT2D eigenvalue weighted by atomic mass is 10.2. The van der Waals surface area contributed by atoms with Crippen molar-refractivity contribution in [2.24, 2.45) is 0 Å². The standard InChI is InChI=1S/C22H16ClN4O5P/c23-19-11-6-15(14-20(19)27(29)30)21(28)25-16-7-9-17(10-8-16)26-13-12-24-22(26)33(31,32)18-4-2-1-3-5-18/h1-14H,(H,25,28)(H,31,32). The van der Waals surface area contributed by atoms with E-state index in [9.17, 15) is 24.4 Å². The molecule has 0 fully saturated rings. The van der Waals surface area contributed by atoms with Crippen LogP contribution in [-0.4, -0.2) is 25.3 Å². The van der Waals surface area contributed by atoms with E-state index in [1.54, 1.807) is 60.8 Å². The van der Waals surface area contributed by atoms with Gasteiger partial charge < -0.3 is 10.2 Å². The van der Waals surface area contributed by atoms with Crippen molar-refractivity contribution in [3.05, 3.63) is 106 Å². The fourth-order valence-corrected chi connectivity index (χ4v) is 4.86. The van der Waals surface area contributed by atoms with Gasteiger partial charge in [0.15, 0.2) is 0 Å². The minimum absolute atomic E-state index is 0.000964. The average Bonchev–Trinajstić information content (AvgIpc) is 3.31. The number of nitro benzene ring substituents is 1. The first kappa shape index (κ1) is 22.4. The molecule has 0 aliphatic rings. The lowest BCUT2D eigenvalue weighted by molar-refractivity contribution is -0.384. The van der Waals surface area contributed by atoms with Crippen molar-refractivity contribution in [3.63, 3.8) is 0 Å². The number of hydrogen-bond donors (Lipinski definition) is 2. The Labute approximate surface area is 192 Å². The van der Waals surface area contributed by atoms with E-state index in [-0.39, 0.29) is 27.1 Å². The number of rotatable bonds is 6. The number of anilines is 1. The molecule has 0 aliphatic carbocycles. The predicted molar refractivity (Wildman–Crippen MR) is 125 cm³/mol. The Morgan fingerprint density at radius 1 is 1.09 bits per heavy atom. The minimum Gasteiger partial charge on any atom is -0.336 e. The van der Waals surface area contributed by atoms with Crippen molar-refractivity contribution < 1.29 is 19.2 Å². The lowest BCUT2D eigenvalue weighted by Gasteiger charge is -2.14. The number of amides is 1. The van der Waals surface area contributed by atoms with Crippen LogP contribution in [0.3, 0.4) is 0 Å². The number of aromatic nitrogens is 2. The summed E-state index contributed by atoms with van der Waals surface area (Å²) < 4.78 is 14.6. The number of nitrogens with zero attached hydrogens (tertiary/aromatic N) is 3. The SMILES string of the molecule is O=C(Nc1ccc(-n2ccnc2P(=O)(O)c2ccccc2)cc1)c1ccc(Cl)c([N+](=O)[O-])c1. The summed E-state index contributed by atoms with van der Waals surface area (Å²) in [7, 11) is -3.93. The fourth-order valence-electron chi connectivity index (χ4n) is 3.17. The summed E-state index contributed by atoms with van der Waals surface area (Å²) >= 11 is 5.79. The van der Waals surface area contributed by atoms with Gasteiger partial charge in [0.2, 0.25) is 5.57 Å². The number of carbonyl (C=O) groups is 1. The molecule has 0 radical (unpaired) electrons. The van der Waals surface area contributed by atoms with E-state index in [1.165, 1.54) is 22.9 Å². The maximum absolute atomic E-state index is 13.1. The monoisotopic (exact) mass is 482 g/mol. The average molecular weight is 483 g/mol. The Morgan fingerprint density at radius 2 is 1.79 bits per heavy atom.